The number of nitrogens with zero attached hydrogens (tertiary/aromatic N) is 3. The average Bonchev–Trinajstić information content (AvgIpc) is 3.22. The number of aromatic nitrogens is 1. The molecule has 1 aliphatic rings. The van der Waals surface area contributed by atoms with Crippen molar-refractivity contribution < 1.29 is 19.4 Å². The van der Waals surface area contributed by atoms with Crippen LogP contribution in [0.1, 0.15) is 44.0 Å². The summed E-state index contributed by atoms with van der Waals surface area (Å²) in [5.41, 5.74) is 1.17. The summed E-state index contributed by atoms with van der Waals surface area (Å²) in [6, 6.07) is 15.0. The summed E-state index contributed by atoms with van der Waals surface area (Å²) >= 11 is 5.94. The second-order valence-corrected chi connectivity index (χ2v) is 10.4. The minimum absolute atomic E-state index is 0.0226. The number of likely N-dealkylation sites (tertiary alicyclic amines) is 1. The molecule has 0 bridgehead atoms. The predicted octanol–water partition coefficient (Wildman–Crippen LogP) is 5.76. The molecule has 0 radical (unpaired) electrons. The highest BCUT2D eigenvalue weighted by atomic mass is 35.5. The van der Waals surface area contributed by atoms with Crippen LogP contribution in [-0.2, 0) is 6.54 Å². The first-order valence-corrected chi connectivity index (χ1v) is 12.3. The molecule has 7 nitrogen and oxygen atoms in total. The van der Waals surface area contributed by atoms with Crippen LogP contribution in [0.25, 0.3) is 10.9 Å². The molecule has 35 heavy (non-hydrogen) atoms. The third-order valence-electron chi connectivity index (χ3n) is 6.47. The first-order valence-electron chi connectivity index (χ1n) is 11.9. The highest BCUT2D eigenvalue weighted by Gasteiger charge is 2.27. The number of halogens is 1. The lowest BCUT2D eigenvalue weighted by Gasteiger charge is -2.33. The molecular weight excluding hydrogens is 466 g/mol. The third kappa shape index (κ3) is 5.90. The molecule has 0 aliphatic carbocycles. The molecule has 1 aromatic heterocycles. The van der Waals surface area contributed by atoms with Crippen molar-refractivity contribution in [3.05, 3.63) is 65.3 Å². The summed E-state index contributed by atoms with van der Waals surface area (Å²) in [5, 5.41) is 11.2. The molecule has 0 saturated carbocycles. The summed E-state index contributed by atoms with van der Waals surface area (Å²) in [6.45, 7) is 7.89. The van der Waals surface area contributed by atoms with Crippen molar-refractivity contribution in [2.45, 2.75) is 51.8 Å². The average molecular weight is 498 g/mol. The van der Waals surface area contributed by atoms with Crippen LogP contribution in [0.2, 0.25) is 5.02 Å². The fourth-order valence-corrected chi connectivity index (χ4v) is 4.64. The molecule has 8 heteroatoms. The Morgan fingerprint density at radius 2 is 1.77 bits per heavy atom. The van der Waals surface area contributed by atoms with Gasteiger partial charge in [0.1, 0.15) is 11.9 Å². The molecule has 2 heterocycles. The molecule has 0 spiro atoms. The highest BCUT2D eigenvalue weighted by Crippen LogP contribution is 2.24. The van der Waals surface area contributed by atoms with E-state index >= 15 is 0 Å². The van der Waals surface area contributed by atoms with Gasteiger partial charge in [0.25, 0.3) is 5.91 Å². The number of rotatable bonds is 6. The maximum atomic E-state index is 13.1. The lowest BCUT2D eigenvalue weighted by molar-refractivity contribution is 0.0595. The first kappa shape index (κ1) is 24.9. The van der Waals surface area contributed by atoms with Gasteiger partial charge in [-0.1, -0.05) is 11.6 Å². The van der Waals surface area contributed by atoms with Gasteiger partial charge < -0.3 is 24.2 Å². The van der Waals surface area contributed by atoms with Crippen molar-refractivity contribution in [3.63, 3.8) is 0 Å². The van der Waals surface area contributed by atoms with Gasteiger partial charge in [0.15, 0.2) is 0 Å². The van der Waals surface area contributed by atoms with E-state index in [1.807, 2.05) is 85.0 Å². The Morgan fingerprint density at radius 1 is 1.09 bits per heavy atom. The van der Waals surface area contributed by atoms with Crippen LogP contribution < -0.4 is 4.74 Å². The van der Waals surface area contributed by atoms with E-state index in [4.69, 9.17) is 16.3 Å². The summed E-state index contributed by atoms with van der Waals surface area (Å²) in [6.07, 6.45) is 2.66. The van der Waals surface area contributed by atoms with Crippen LogP contribution in [0.3, 0.4) is 0 Å². The number of ether oxygens (including phenoxy) is 1. The van der Waals surface area contributed by atoms with E-state index < -0.39 is 11.6 Å². The first-order chi connectivity index (χ1) is 16.6. The molecule has 186 valence electrons. The quantitative estimate of drug-likeness (QED) is 0.470. The summed E-state index contributed by atoms with van der Waals surface area (Å²) in [7, 11) is 0. The number of hydrogen-bond acceptors (Lipinski definition) is 3. The Bertz CT molecular complexity index is 1190. The van der Waals surface area contributed by atoms with Gasteiger partial charge in [-0.25, -0.2) is 4.79 Å². The normalized spacial score (nSPS) is 14.8. The smallest absolute Gasteiger partial charge is 0.407 e. The van der Waals surface area contributed by atoms with E-state index in [9.17, 15) is 14.7 Å². The second-order valence-electron chi connectivity index (χ2n) is 9.95. The molecular formula is C27H32ClN3O4. The van der Waals surface area contributed by atoms with Gasteiger partial charge in [-0.2, -0.15) is 0 Å². The number of carboxylic acid groups (broad SMARTS) is 1. The van der Waals surface area contributed by atoms with E-state index in [1.54, 1.807) is 0 Å². The van der Waals surface area contributed by atoms with E-state index in [-0.39, 0.29) is 12.0 Å². The van der Waals surface area contributed by atoms with Gasteiger partial charge >= 0.3 is 6.09 Å². The number of carbonyl (C=O) groups is 2. The second kappa shape index (κ2) is 10.2. The molecule has 1 N–H and O–H groups in total. The van der Waals surface area contributed by atoms with E-state index in [0.29, 0.717) is 36.8 Å². The van der Waals surface area contributed by atoms with Crippen LogP contribution in [0.4, 0.5) is 4.79 Å². The minimum atomic E-state index is -0.927. The maximum absolute atomic E-state index is 13.1. The van der Waals surface area contributed by atoms with Crippen molar-refractivity contribution >= 4 is 34.5 Å². The molecule has 2 aromatic carbocycles. The molecule has 1 saturated heterocycles. The standard InChI is InChI=1S/C27H32ClN3O4/c1-27(2,3)31(26(33)34)17-16-29-13-10-19-18-20(4-9-24(19)29)25(32)30-14-11-23(12-15-30)35-22-7-5-21(28)6-8-22/h4-10,13,18,23H,11-12,14-17H2,1-3H3,(H,33,34). The minimum Gasteiger partial charge on any atom is -0.490 e. The monoisotopic (exact) mass is 497 g/mol. The lowest BCUT2D eigenvalue weighted by Crippen LogP contribution is -2.46. The van der Waals surface area contributed by atoms with Gasteiger partial charge in [-0.05, 0) is 69.3 Å². The highest BCUT2D eigenvalue weighted by molar-refractivity contribution is 6.30. The van der Waals surface area contributed by atoms with E-state index in [1.165, 1.54) is 4.90 Å². The Morgan fingerprint density at radius 3 is 2.40 bits per heavy atom. The van der Waals surface area contributed by atoms with Gasteiger partial charge in [-0.15, -0.1) is 0 Å². The van der Waals surface area contributed by atoms with Crippen molar-refractivity contribution in [1.29, 1.82) is 0 Å². The number of amides is 2. The topological polar surface area (TPSA) is 75.0 Å². The molecule has 1 aliphatic heterocycles. The van der Waals surface area contributed by atoms with Crippen LogP contribution in [0.5, 0.6) is 5.75 Å². The van der Waals surface area contributed by atoms with Crippen molar-refractivity contribution in [2.75, 3.05) is 19.6 Å². The molecule has 1 fully saturated rings. The van der Waals surface area contributed by atoms with Crippen LogP contribution in [-0.4, -0.2) is 62.8 Å². The maximum Gasteiger partial charge on any atom is 0.407 e. The largest absolute Gasteiger partial charge is 0.490 e. The van der Waals surface area contributed by atoms with Gasteiger partial charge in [0, 0.05) is 72.2 Å². The SMILES string of the molecule is CC(C)(C)N(CCn1ccc2cc(C(=O)N3CCC(Oc4ccc(Cl)cc4)CC3)ccc21)C(=O)O. The number of hydrogen-bond donors (Lipinski definition) is 1. The zero-order valence-corrected chi connectivity index (χ0v) is 21.2. The molecule has 0 atom stereocenters. The van der Waals surface area contributed by atoms with Crippen molar-refractivity contribution in [3.8, 4) is 5.75 Å². The molecule has 2 amide bonds. The third-order valence-corrected chi connectivity index (χ3v) is 6.72. The number of benzene rings is 2. The summed E-state index contributed by atoms with van der Waals surface area (Å²) < 4.78 is 8.07. The predicted molar refractivity (Wildman–Crippen MR) is 137 cm³/mol. The molecule has 4 rings (SSSR count). The Hall–Kier alpha value is -3.19. The summed E-state index contributed by atoms with van der Waals surface area (Å²) in [4.78, 5) is 28.1. The van der Waals surface area contributed by atoms with Gasteiger partial charge in [-0.3, -0.25) is 4.79 Å². The number of fused-ring (bicyclic) bond motifs is 1. The number of piperidine rings is 1. The Balaban J connectivity index is 1.37. The van der Waals surface area contributed by atoms with Crippen LogP contribution >= 0.6 is 11.6 Å². The van der Waals surface area contributed by atoms with E-state index in [0.717, 1.165) is 29.5 Å². The summed E-state index contributed by atoms with van der Waals surface area (Å²) in [5.74, 6) is 0.817. The fourth-order valence-electron chi connectivity index (χ4n) is 4.52. The zero-order chi connectivity index (χ0) is 25.2. The molecule has 3 aromatic rings. The van der Waals surface area contributed by atoms with E-state index in [2.05, 4.69) is 0 Å². The van der Waals surface area contributed by atoms with Gasteiger partial charge in [0.05, 0.1) is 0 Å². The van der Waals surface area contributed by atoms with Crippen LogP contribution in [0.15, 0.2) is 54.7 Å². The molecule has 0 unspecified atom stereocenters. The number of carbonyl (C=O) groups excluding carboxylic acids is 1. The lowest BCUT2D eigenvalue weighted by atomic mass is 10.1. The van der Waals surface area contributed by atoms with Crippen LogP contribution in [0, 0.1) is 0 Å². The van der Waals surface area contributed by atoms with Crippen molar-refractivity contribution in [1.82, 2.24) is 14.4 Å². The van der Waals surface area contributed by atoms with Gasteiger partial charge in [0.2, 0.25) is 0 Å². The fraction of sp³-hybridized carbons (Fsp3) is 0.407. The van der Waals surface area contributed by atoms with Crippen molar-refractivity contribution in [2.24, 2.45) is 0 Å². The zero-order valence-electron chi connectivity index (χ0n) is 20.4. The Kier molecular flexibility index (Phi) is 7.26. The Labute approximate surface area is 210 Å².